The molecule has 1 aromatic carbocycles. The number of rotatable bonds is 4. The smallest absolute Gasteiger partial charge is 0.270 e. The summed E-state index contributed by atoms with van der Waals surface area (Å²) < 4.78 is 13.2. The molecule has 0 aliphatic heterocycles. The Bertz CT molecular complexity index is 577. The zero-order chi connectivity index (χ0) is 13.8. The first-order valence-electron chi connectivity index (χ1n) is 5.37. The molecule has 2 aromatic rings. The van der Waals surface area contributed by atoms with Crippen molar-refractivity contribution < 1.29 is 14.3 Å². The van der Waals surface area contributed by atoms with Crippen LogP contribution in [0.25, 0.3) is 0 Å². The van der Waals surface area contributed by atoms with Crippen molar-refractivity contribution in [1.82, 2.24) is 10.3 Å². The van der Waals surface area contributed by atoms with E-state index in [1.165, 1.54) is 23.5 Å². The second-order valence-corrected chi connectivity index (χ2v) is 4.90. The fraction of sp³-hybridized carbons (Fsp3) is 0.167. The number of thiazole rings is 1. The standard InChI is InChI=1S/C12H10ClFN2O2S/c13-8-2-1-7(3-9(8)14)11(17)4-15-12(18)10-5-19-6-16-10/h1-3,5-6,11,17H,4H2,(H,15,18). The highest BCUT2D eigenvalue weighted by Gasteiger charge is 2.13. The van der Waals surface area contributed by atoms with Crippen LogP contribution in [-0.2, 0) is 0 Å². The van der Waals surface area contributed by atoms with E-state index in [1.54, 1.807) is 10.9 Å². The first-order chi connectivity index (χ1) is 9.08. The molecule has 1 aromatic heterocycles. The van der Waals surface area contributed by atoms with Gasteiger partial charge in [0.05, 0.1) is 16.6 Å². The molecule has 1 heterocycles. The Morgan fingerprint density at radius 2 is 2.37 bits per heavy atom. The molecular formula is C12H10ClFN2O2S. The third-order valence-electron chi connectivity index (χ3n) is 2.45. The van der Waals surface area contributed by atoms with E-state index < -0.39 is 11.9 Å². The van der Waals surface area contributed by atoms with E-state index >= 15 is 0 Å². The minimum absolute atomic E-state index is 0.0116. The van der Waals surface area contributed by atoms with Crippen LogP contribution in [0.2, 0.25) is 5.02 Å². The van der Waals surface area contributed by atoms with E-state index in [2.05, 4.69) is 10.3 Å². The largest absolute Gasteiger partial charge is 0.387 e. The van der Waals surface area contributed by atoms with Crippen molar-refractivity contribution >= 4 is 28.8 Å². The summed E-state index contributed by atoms with van der Waals surface area (Å²) in [6.07, 6.45) is -1.01. The summed E-state index contributed by atoms with van der Waals surface area (Å²) >= 11 is 6.85. The maximum absolute atomic E-state index is 13.2. The molecule has 1 atom stereocenters. The predicted molar refractivity (Wildman–Crippen MR) is 70.8 cm³/mol. The molecule has 0 saturated heterocycles. The Morgan fingerprint density at radius 1 is 1.58 bits per heavy atom. The number of aliphatic hydroxyl groups is 1. The van der Waals surface area contributed by atoms with Gasteiger partial charge in [-0.2, -0.15) is 0 Å². The summed E-state index contributed by atoms with van der Waals surface area (Å²) in [6, 6.07) is 4.00. The number of aliphatic hydroxyl groups excluding tert-OH is 1. The summed E-state index contributed by atoms with van der Waals surface area (Å²) in [5.41, 5.74) is 2.18. The van der Waals surface area contributed by atoms with E-state index in [-0.39, 0.29) is 17.5 Å². The van der Waals surface area contributed by atoms with Crippen LogP contribution in [0.3, 0.4) is 0 Å². The third-order valence-corrected chi connectivity index (χ3v) is 3.34. The number of halogens is 2. The molecule has 0 saturated carbocycles. The number of nitrogens with zero attached hydrogens (tertiary/aromatic N) is 1. The summed E-state index contributed by atoms with van der Waals surface area (Å²) in [6.45, 7) is -0.0303. The number of benzene rings is 1. The van der Waals surface area contributed by atoms with Gasteiger partial charge in [0.2, 0.25) is 0 Å². The number of nitrogens with one attached hydrogen (secondary N) is 1. The lowest BCUT2D eigenvalue weighted by molar-refractivity contribution is 0.0912. The molecular weight excluding hydrogens is 291 g/mol. The monoisotopic (exact) mass is 300 g/mol. The molecule has 0 aliphatic carbocycles. The van der Waals surface area contributed by atoms with Crippen molar-refractivity contribution in [2.75, 3.05) is 6.54 Å². The fourth-order valence-electron chi connectivity index (χ4n) is 1.44. The number of hydrogen-bond acceptors (Lipinski definition) is 4. The van der Waals surface area contributed by atoms with Crippen molar-refractivity contribution in [3.05, 3.63) is 51.2 Å². The molecule has 0 spiro atoms. The second-order valence-electron chi connectivity index (χ2n) is 3.77. The van der Waals surface area contributed by atoms with E-state index in [4.69, 9.17) is 11.6 Å². The van der Waals surface area contributed by atoms with Gasteiger partial charge in [-0.05, 0) is 17.7 Å². The van der Waals surface area contributed by atoms with E-state index in [0.717, 1.165) is 6.07 Å². The van der Waals surface area contributed by atoms with E-state index in [9.17, 15) is 14.3 Å². The molecule has 2 N–H and O–H groups in total. The molecule has 0 radical (unpaired) electrons. The van der Waals surface area contributed by atoms with Gasteiger partial charge in [-0.1, -0.05) is 17.7 Å². The first kappa shape index (κ1) is 13.9. The molecule has 100 valence electrons. The minimum Gasteiger partial charge on any atom is -0.387 e. The lowest BCUT2D eigenvalue weighted by Crippen LogP contribution is -2.28. The topological polar surface area (TPSA) is 62.2 Å². The van der Waals surface area contributed by atoms with Crippen LogP contribution < -0.4 is 5.32 Å². The Balaban J connectivity index is 1.95. The average Bonchev–Trinajstić information content (AvgIpc) is 2.92. The number of carbonyl (C=O) groups is 1. The Morgan fingerprint density at radius 3 is 3.00 bits per heavy atom. The van der Waals surface area contributed by atoms with Gasteiger partial charge >= 0.3 is 0 Å². The number of amides is 1. The Hall–Kier alpha value is -1.50. The zero-order valence-corrected chi connectivity index (χ0v) is 11.2. The average molecular weight is 301 g/mol. The summed E-state index contributed by atoms with van der Waals surface area (Å²) in [5.74, 6) is -0.987. The van der Waals surface area contributed by atoms with Crippen LogP contribution in [0, 0.1) is 5.82 Å². The molecule has 0 aliphatic rings. The lowest BCUT2D eigenvalue weighted by atomic mass is 10.1. The fourth-order valence-corrected chi connectivity index (χ4v) is 2.09. The van der Waals surface area contributed by atoms with Crippen molar-refractivity contribution in [2.45, 2.75) is 6.10 Å². The van der Waals surface area contributed by atoms with Gasteiger partial charge in [-0.15, -0.1) is 11.3 Å². The molecule has 1 amide bonds. The van der Waals surface area contributed by atoms with Gasteiger partial charge in [0.25, 0.3) is 5.91 Å². The SMILES string of the molecule is O=C(NCC(O)c1ccc(Cl)c(F)c1)c1cscn1. The lowest BCUT2D eigenvalue weighted by Gasteiger charge is -2.12. The minimum atomic E-state index is -1.01. The Labute approximate surface area is 117 Å². The van der Waals surface area contributed by atoms with Crippen molar-refractivity contribution in [2.24, 2.45) is 0 Å². The van der Waals surface area contributed by atoms with Gasteiger partial charge in [0.15, 0.2) is 0 Å². The van der Waals surface area contributed by atoms with Gasteiger partial charge < -0.3 is 10.4 Å². The maximum Gasteiger partial charge on any atom is 0.270 e. The third kappa shape index (κ3) is 3.50. The van der Waals surface area contributed by atoms with Gasteiger partial charge in [-0.3, -0.25) is 4.79 Å². The van der Waals surface area contributed by atoms with Crippen molar-refractivity contribution in [3.8, 4) is 0 Å². The molecule has 19 heavy (non-hydrogen) atoms. The van der Waals surface area contributed by atoms with Crippen LogP contribution in [0.4, 0.5) is 4.39 Å². The Kier molecular flexibility index (Phi) is 4.47. The van der Waals surface area contributed by atoms with Gasteiger partial charge in [-0.25, -0.2) is 9.37 Å². The van der Waals surface area contributed by atoms with Gasteiger partial charge in [0, 0.05) is 11.9 Å². The van der Waals surface area contributed by atoms with Crippen molar-refractivity contribution in [3.63, 3.8) is 0 Å². The van der Waals surface area contributed by atoms with E-state index in [0.29, 0.717) is 11.3 Å². The highest BCUT2D eigenvalue weighted by molar-refractivity contribution is 7.07. The molecule has 1 unspecified atom stereocenters. The highest BCUT2D eigenvalue weighted by atomic mass is 35.5. The molecule has 4 nitrogen and oxygen atoms in total. The number of hydrogen-bond donors (Lipinski definition) is 2. The van der Waals surface area contributed by atoms with Crippen LogP contribution in [-0.4, -0.2) is 22.5 Å². The summed E-state index contributed by atoms with van der Waals surface area (Å²) in [4.78, 5) is 15.4. The summed E-state index contributed by atoms with van der Waals surface area (Å²) in [5, 5.41) is 13.9. The predicted octanol–water partition coefficient (Wildman–Crippen LogP) is 2.40. The second kappa shape index (κ2) is 6.10. The van der Waals surface area contributed by atoms with Gasteiger partial charge in [0.1, 0.15) is 11.5 Å². The summed E-state index contributed by atoms with van der Waals surface area (Å²) in [7, 11) is 0. The maximum atomic E-state index is 13.2. The first-order valence-corrected chi connectivity index (χ1v) is 6.69. The van der Waals surface area contributed by atoms with Crippen LogP contribution in [0.1, 0.15) is 22.2 Å². The number of aromatic nitrogens is 1. The van der Waals surface area contributed by atoms with Crippen LogP contribution in [0.5, 0.6) is 0 Å². The van der Waals surface area contributed by atoms with E-state index in [1.807, 2.05) is 0 Å². The number of carbonyl (C=O) groups excluding carboxylic acids is 1. The zero-order valence-electron chi connectivity index (χ0n) is 9.64. The quantitative estimate of drug-likeness (QED) is 0.911. The highest BCUT2D eigenvalue weighted by Crippen LogP contribution is 2.19. The molecule has 7 heteroatoms. The van der Waals surface area contributed by atoms with Crippen LogP contribution in [0.15, 0.2) is 29.1 Å². The molecule has 0 fully saturated rings. The van der Waals surface area contributed by atoms with Crippen LogP contribution >= 0.6 is 22.9 Å². The van der Waals surface area contributed by atoms with Crippen molar-refractivity contribution in [1.29, 1.82) is 0 Å². The molecule has 2 rings (SSSR count). The normalized spacial score (nSPS) is 12.2. The molecule has 0 bridgehead atoms.